The maximum Gasteiger partial charge on any atom is 0.148 e. The van der Waals surface area contributed by atoms with Crippen molar-refractivity contribution in [2.24, 2.45) is 5.92 Å². The van der Waals surface area contributed by atoms with Gasteiger partial charge in [-0.15, -0.1) is 0 Å². The Kier molecular flexibility index (Phi) is 0.920. The van der Waals surface area contributed by atoms with Gasteiger partial charge in [-0.3, -0.25) is 0 Å². The van der Waals surface area contributed by atoms with Gasteiger partial charge in [0, 0.05) is 5.92 Å². The minimum atomic E-state index is -1.36. The molecule has 0 N–H and O–H groups in total. The van der Waals surface area contributed by atoms with Crippen LogP contribution < -0.4 is 0 Å². The van der Waals surface area contributed by atoms with Crippen molar-refractivity contribution < 1.29 is 8.78 Å². The van der Waals surface area contributed by atoms with Gasteiger partial charge in [-0.2, -0.15) is 0 Å². The van der Waals surface area contributed by atoms with Crippen LogP contribution in [0.5, 0.6) is 0 Å². The highest BCUT2D eigenvalue weighted by Gasteiger charge is 2.67. The molecule has 0 spiro atoms. The van der Waals surface area contributed by atoms with Crippen molar-refractivity contribution in [3.63, 3.8) is 0 Å². The van der Waals surface area contributed by atoms with Gasteiger partial charge in [0.15, 0.2) is 0 Å². The molecule has 0 unspecified atom stereocenters. The van der Waals surface area contributed by atoms with E-state index in [1.54, 1.807) is 0 Å². The molecule has 0 amide bonds. The maximum absolute atomic E-state index is 13.0. The molecule has 9 heavy (non-hydrogen) atoms. The largest absolute Gasteiger partial charge is 0.244 e. The summed E-state index contributed by atoms with van der Waals surface area (Å²) in [5, 5.41) is 0. The van der Waals surface area contributed by atoms with Gasteiger partial charge >= 0.3 is 0 Å². The zero-order valence-corrected chi connectivity index (χ0v) is 5.24. The van der Waals surface area contributed by atoms with Crippen LogP contribution in [0.2, 0.25) is 0 Å². The molecule has 2 saturated carbocycles. The molecule has 0 bridgehead atoms. The van der Waals surface area contributed by atoms with E-state index in [2.05, 4.69) is 0 Å². The molecule has 2 fully saturated rings. The standard InChI is InChI=1S/C7H10F2/c8-6-5-3-1-2-4-7(5,6)9/h5-6H,1-4H2/t5-,6+,7-/m0/s1. The lowest BCUT2D eigenvalue weighted by Gasteiger charge is -2.10. The molecule has 3 atom stereocenters. The fourth-order valence-electron chi connectivity index (χ4n) is 1.91. The molecule has 0 aromatic carbocycles. The van der Waals surface area contributed by atoms with E-state index < -0.39 is 11.8 Å². The second-order valence-corrected chi connectivity index (χ2v) is 3.18. The number of hydrogen-bond acceptors (Lipinski definition) is 0. The van der Waals surface area contributed by atoms with Crippen LogP contribution in [-0.4, -0.2) is 11.8 Å². The summed E-state index contributed by atoms with van der Waals surface area (Å²) in [4.78, 5) is 0. The van der Waals surface area contributed by atoms with Crippen LogP contribution >= 0.6 is 0 Å². The highest BCUT2D eigenvalue weighted by Crippen LogP contribution is 2.58. The minimum Gasteiger partial charge on any atom is -0.244 e. The fourth-order valence-corrected chi connectivity index (χ4v) is 1.91. The Labute approximate surface area is 53.2 Å². The Balaban J connectivity index is 2.10. The molecule has 0 aromatic rings. The second-order valence-electron chi connectivity index (χ2n) is 3.18. The topological polar surface area (TPSA) is 0 Å². The molecule has 0 aromatic heterocycles. The third-order valence-electron chi connectivity index (χ3n) is 2.64. The molecular weight excluding hydrogens is 122 g/mol. The lowest BCUT2D eigenvalue weighted by molar-refractivity contribution is 0.203. The lowest BCUT2D eigenvalue weighted by atomic mass is 9.99. The first-order chi connectivity index (χ1) is 4.25. The molecule has 52 valence electrons. The van der Waals surface area contributed by atoms with Crippen LogP contribution in [0.1, 0.15) is 25.7 Å². The summed E-state index contributed by atoms with van der Waals surface area (Å²) in [5.41, 5.74) is -1.36. The number of hydrogen-bond donors (Lipinski definition) is 0. The Bertz CT molecular complexity index is 135. The molecule has 0 radical (unpaired) electrons. The third-order valence-corrected chi connectivity index (χ3v) is 2.64. The van der Waals surface area contributed by atoms with Gasteiger partial charge in [0.2, 0.25) is 0 Å². The molecule has 0 nitrogen and oxygen atoms in total. The Hall–Kier alpha value is -0.140. The third kappa shape index (κ3) is 0.565. The summed E-state index contributed by atoms with van der Waals surface area (Å²) in [5.74, 6) is -0.216. The first-order valence-electron chi connectivity index (χ1n) is 3.58. The van der Waals surface area contributed by atoms with Gasteiger partial charge < -0.3 is 0 Å². The van der Waals surface area contributed by atoms with E-state index in [1.807, 2.05) is 0 Å². The Morgan fingerprint density at radius 2 is 2.11 bits per heavy atom. The van der Waals surface area contributed by atoms with Crippen LogP contribution in [0.15, 0.2) is 0 Å². The maximum atomic E-state index is 13.0. The second kappa shape index (κ2) is 1.47. The predicted octanol–water partition coefficient (Wildman–Crippen LogP) is 2.24. The van der Waals surface area contributed by atoms with E-state index in [4.69, 9.17) is 0 Å². The van der Waals surface area contributed by atoms with E-state index in [-0.39, 0.29) is 5.92 Å². The van der Waals surface area contributed by atoms with Crippen LogP contribution in [-0.2, 0) is 0 Å². The summed E-state index contributed by atoms with van der Waals surface area (Å²) < 4.78 is 25.5. The van der Waals surface area contributed by atoms with E-state index in [9.17, 15) is 8.78 Å². The molecule has 0 saturated heterocycles. The van der Waals surface area contributed by atoms with Crippen LogP contribution in [0.3, 0.4) is 0 Å². The smallest absolute Gasteiger partial charge is 0.148 e. The average molecular weight is 132 g/mol. The van der Waals surface area contributed by atoms with Crippen LogP contribution in [0.4, 0.5) is 8.78 Å². The van der Waals surface area contributed by atoms with Gasteiger partial charge in [-0.25, -0.2) is 8.78 Å². The zero-order valence-electron chi connectivity index (χ0n) is 5.24. The zero-order chi connectivity index (χ0) is 6.48. The molecule has 2 aliphatic carbocycles. The summed E-state index contributed by atoms with van der Waals surface area (Å²) in [6.45, 7) is 0. The van der Waals surface area contributed by atoms with Gasteiger partial charge in [0.25, 0.3) is 0 Å². The normalized spacial score (nSPS) is 56.7. The van der Waals surface area contributed by atoms with Gasteiger partial charge in [0.05, 0.1) is 0 Å². The molecule has 0 heterocycles. The number of halogens is 2. The van der Waals surface area contributed by atoms with Crippen molar-refractivity contribution >= 4 is 0 Å². The van der Waals surface area contributed by atoms with E-state index in [0.717, 1.165) is 19.3 Å². The van der Waals surface area contributed by atoms with Gasteiger partial charge in [-0.1, -0.05) is 12.8 Å². The minimum absolute atomic E-state index is 0.216. The fraction of sp³-hybridized carbons (Fsp3) is 1.00. The number of fused-ring (bicyclic) bond motifs is 1. The summed E-state index contributed by atoms with van der Waals surface area (Å²) in [7, 11) is 0. The summed E-state index contributed by atoms with van der Waals surface area (Å²) >= 11 is 0. The van der Waals surface area contributed by atoms with Crippen LogP contribution in [0, 0.1) is 5.92 Å². The highest BCUT2D eigenvalue weighted by atomic mass is 19.2. The van der Waals surface area contributed by atoms with Crippen molar-refractivity contribution in [3.8, 4) is 0 Å². The molecular formula is C7H10F2. The van der Waals surface area contributed by atoms with E-state index >= 15 is 0 Å². The number of rotatable bonds is 0. The van der Waals surface area contributed by atoms with Gasteiger partial charge in [0.1, 0.15) is 11.8 Å². The lowest BCUT2D eigenvalue weighted by Crippen LogP contribution is -2.09. The van der Waals surface area contributed by atoms with Crippen molar-refractivity contribution in [2.75, 3.05) is 0 Å². The Morgan fingerprint density at radius 3 is 2.56 bits per heavy atom. The summed E-state index contributed by atoms with van der Waals surface area (Å²) in [6.07, 6.45) is 2.04. The van der Waals surface area contributed by atoms with Crippen molar-refractivity contribution in [1.29, 1.82) is 0 Å². The predicted molar refractivity (Wildman–Crippen MR) is 30.7 cm³/mol. The quantitative estimate of drug-likeness (QED) is 0.474. The first-order valence-corrected chi connectivity index (χ1v) is 3.58. The molecule has 2 rings (SSSR count). The van der Waals surface area contributed by atoms with Crippen molar-refractivity contribution in [2.45, 2.75) is 37.5 Å². The van der Waals surface area contributed by atoms with E-state index in [0.29, 0.717) is 6.42 Å². The molecule has 2 heteroatoms. The highest BCUT2D eigenvalue weighted by molar-refractivity contribution is 5.15. The monoisotopic (exact) mass is 132 g/mol. The van der Waals surface area contributed by atoms with Crippen molar-refractivity contribution in [1.82, 2.24) is 0 Å². The number of alkyl halides is 2. The van der Waals surface area contributed by atoms with E-state index in [1.165, 1.54) is 0 Å². The molecule has 0 aliphatic heterocycles. The summed E-state index contributed by atoms with van der Waals surface area (Å²) in [6, 6.07) is 0. The average Bonchev–Trinajstić information content (AvgIpc) is 2.38. The van der Waals surface area contributed by atoms with Crippen molar-refractivity contribution in [3.05, 3.63) is 0 Å². The first kappa shape index (κ1) is 5.63. The van der Waals surface area contributed by atoms with Crippen LogP contribution in [0.25, 0.3) is 0 Å². The van der Waals surface area contributed by atoms with Gasteiger partial charge in [-0.05, 0) is 12.8 Å². The Morgan fingerprint density at radius 1 is 1.33 bits per heavy atom. The molecule has 2 aliphatic rings. The SMILES string of the molecule is F[C@@H]1[C@@H]2CCCC[C@@]12F.